The van der Waals surface area contributed by atoms with E-state index in [2.05, 4.69) is 19.9 Å². The Kier molecular flexibility index (Phi) is 5.28. The van der Waals surface area contributed by atoms with E-state index in [-0.39, 0.29) is 23.7 Å². The average Bonchev–Trinajstić information content (AvgIpc) is 2.75. The molecule has 142 valence electrons. The average molecular weight is 373 g/mol. The van der Waals surface area contributed by atoms with Crippen LogP contribution in [0, 0.1) is 0 Å². The number of carbonyl (C=O) groups is 1. The van der Waals surface area contributed by atoms with Crippen molar-refractivity contribution in [1.29, 1.82) is 0 Å². The number of benzene rings is 1. The van der Waals surface area contributed by atoms with Crippen molar-refractivity contribution < 1.29 is 4.79 Å². The number of hydrogen-bond donors (Lipinski definition) is 1. The fourth-order valence-corrected chi connectivity index (χ4v) is 3.61. The lowest BCUT2D eigenvalue weighted by atomic mass is 10.0. The Bertz CT molecular complexity index is 968. The zero-order valence-electron chi connectivity index (χ0n) is 15.7. The number of ketones is 1. The standard InChI is InChI=1S/C22H23N5O/c23-22-21(26-18(15-25-22)16-7-3-1-4-8-16)20(28)13-17-14-24-10-9-19(17)27-11-5-2-6-12-27/h1,3-4,7-10,14-15H,2,5-6,11-13H2,(H2,23,25). The quantitative estimate of drug-likeness (QED) is 0.689. The molecule has 1 saturated heterocycles. The summed E-state index contributed by atoms with van der Waals surface area (Å²) < 4.78 is 0. The highest BCUT2D eigenvalue weighted by Gasteiger charge is 2.20. The summed E-state index contributed by atoms with van der Waals surface area (Å²) in [6, 6.07) is 11.6. The van der Waals surface area contributed by atoms with E-state index in [9.17, 15) is 4.79 Å². The number of nitrogen functional groups attached to an aromatic ring is 1. The van der Waals surface area contributed by atoms with Crippen LogP contribution < -0.4 is 10.6 Å². The highest BCUT2D eigenvalue weighted by atomic mass is 16.1. The summed E-state index contributed by atoms with van der Waals surface area (Å²) in [5.74, 6) is 0.0159. The molecule has 3 heterocycles. The smallest absolute Gasteiger partial charge is 0.189 e. The molecule has 0 atom stereocenters. The normalized spacial score (nSPS) is 14.1. The number of Topliss-reactive ketones (excluding diaryl/α,β-unsaturated/α-hetero) is 1. The molecule has 0 saturated carbocycles. The van der Waals surface area contributed by atoms with E-state index in [0.29, 0.717) is 5.69 Å². The van der Waals surface area contributed by atoms with E-state index in [1.54, 1.807) is 18.6 Å². The lowest BCUT2D eigenvalue weighted by Crippen LogP contribution is -2.30. The number of nitrogens with zero attached hydrogens (tertiary/aromatic N) is 4. The zero-order valence-corrected chi connectivity index (χ0v) is 15.7. The van der Waals surface area contributed by atoms with Crippen LogP contribution in [0.1, 0.15) is 35.3 Å². The Balaban J connectivity index is 1.61. The molecule has 3 aromatic rings. The summed E-state index contributed by atoms with van der Waals surface area (Å²) >= 11 is 0. The van der Waals surface area contributed by atoms with Crippen LogP contribution in [0.25, 0.3) is 11.3 Å². The second-order valence-electron chi connectivity index (χ2n) is 7.01. The van der Waals surface area contributed by atoms with Crippen LogP contribution in [0.5, 0.6) is 0 Å². The Morgan fingerprint density at radius 3 is 2.61 bits per heavy atom. The molecule has 2 aromatic heterocycles. The molecule has 6 heteroatoms. The third kappa shape index (κ3) is 3.86. The predicted molar refractivity (Wildman–Crippen MR) is 110 cm³/mol. The predicted octanol–water partition coefficient (Wildman–Crippen LogP) is 3.54. The first kappa shape index (κ1) is 18.1. The maximum Gasteiger partial charge on any atom is 0.189 e. The van der Waals surface area contributed by atoms with Gasteiger partial charge in [-0.05, 0) is 25.3 Å². The van der Waals surface area contributed by atoms with Crippen molar-refractivity contribution in [3.8, 4) is 11.3 Å². The van der Waals surface area contributed by atoms with Crippen molar-refractivity contribution in [2.45, 2.75) is 25.7 Å². The van der Waals surface area contributed by atoms with Gasteiger partial charge in [-0.2, -0.15) is 0 Å². The van der Waals surface area contributed by atoms with Gasteiger partial charge in [0.25, 0.3) is 0 Å². The van der Waals surface area contributed by atoms with Crippen LogP contribution in [-0.2, 0) is 6.42 Å². The molecule has 1 fully saturated rings. The molecular formula is C22H23N5O. The maximum atomic E-state index is 13.0. The van der Waals surface area contributed by atoms with Gasteiger partial charge in [0.2, 0.25) is 0 Å². The molecule has 4 rings (SSSR count). The first-order valence-corrected chi connectivity index (χ1v) is 9.61. The van der Waals surface area contributed by atoms with Crippen LogP contribution in [0.15, 0.2) is 55.0 Å². The van der Waals surface area contributed by atoms with E-state index in [1.165, 1.54) is 19.3 Å². The number of anilines is 2. The molecular weight excluding hydrogens is 350 g/mol. The van der Waals surface area contributed by atoms with E-state index in [4.69, 9.17) is 5.73 Å². The van der Waals surface area contributed by atoms with E-state index in [0.717, 1.165) is 29.9 Å². The van der Waals surface area contributed by atoms with E-state index in [1.807, 2.05) is 36.4 Å². The molecule has 28 heavy (non-hydrogen) atoms. The third-order valence-electron chi connectivity index (χ3n) is 5.06. The number of aromatic nitrogens is 3. The lowest BCUT2D eigenvalue weighted by molar-refractivity contribution is 0.0989. The molecule has 0 amide bonds. The lowest BCUT2D eigenvalue weighted by Gasteiger charge is -2.30. The Morgan fingerprint density at radius 1 is 1.04 bits per heavy atom. The number of pyridine rings is 1. The van der Waals surface area contributed by atoms with Crippen LogP contribution in [0.3, 0.4) is 0 Å². The van der Waals surface area contributed by atoms with Gasteiger partial charge in [0.15, 0.2) is 11.6 Å². The number of piperidine rings is 1. The SMILES string of the molecule is Nc1ncc(-c2ccccc2)nc1C(=O)Cc1cnccc1N1CCCCC1. The van der Waals surface area contributed by atoms with Gasteiger partial charge in [0.1, 0.15) is 5.69 Å². The maximum absolute atomic E-state index is 13.0. The number of carbonyl (C=O) groups excluding carboxylic acids is 1. The van der Waals surface area contributed by atoms with Gasteiger partial charge in [-0.1, -0.05) is 30.3 Å². The molecule has 0 bridgehead atoms. The van der Waals surface area contributed by atoms with Crippen molar-refractivity contribution in [2.75, 3.05) is 23.7 Å². The van der Waals surface area contributed by atoms with E-state index >= 15 is 0 Å². The molecule has 0 aliphatic carbocycles. The largest absolute Gasteiger partial charge is 0.382 e. The minimum atomic E-state index is -0.144. The summed E-state index contributed by atoms with van der Waals surface area (Å²) in [4.78, 5) is 28.3. The van der Waals surface area contributed by atoms with Crippen LogP contribution >= 0.6 is 0 Å². The molecule has 0 radical (unpaired) electrons. The highest BCUT2D eigenvalue weighted by molar-refractivity contribution is 6.00. The van der Waals surface area contributed by atoms with E-state index < -0.39 is 0 Å². The minimum Gasteiger partial charge on any atom is -0.382 e. The topological polar surface area (TPSA) is 85.0 Å². The molecule has 1 aliphatic rings. The van der Waals surface area contributed by atoms with Gasteiger partial charge in [-0.25, -0.2) is 9.97 Å². The summed E-state index contributed by atoms with van der Waals surface area (Å²) in [6.07, 6.45) is 8.96. The highest BCUT2D eigenvalue weighted by Crippen LogP contribution is 2.25. The number of nitrogens with two attached hydrogens (primary N) is 1. The van der Waals surface area contributed by atoms with Crippen molar-refractivity contribution in [2.24, 2.45) is 0 Å². The number of hydrogen-bond acceptors (Lipinski definition) is 6. The second kappa shape index (κ2) is 8.17. The first-order valence-electron chi connectivity index (χ1n) is 9.61. The van der Waals surface area contributed by atoms with Crippen LogP contribution in [-0.4, -0.2) is 33.8 Å². The van der Waals surface area contributed by atoms with Crippen molar-refractivity contribution in [3.05, 3.63) is 66.2 Å². The van der Waals surface area contributed by atoms with Crippen LogP contribution in [0.4, 0.5) is 11.5 Å². The summed E-state index contributed by atoms with van der Waals surface area (Å²) in [5.41, 5.74) is 9.72. The van der Waals surface area contributed by atoms with Crippen molar-refractivity contribution >= 4 is 17.3 Å². The Morgan fingerprint density at radius 2 is 1.82 bits per heavy atom. The fraction of sp³-hybridized carbons (Fsp3) is 0.273. The third-order valence-corrected chi connectivity index (χ3v) is 5.06. The molecule has 6 nitrogen and oxygen atoms in total. The molecule has 2 N–H and O–H groups in total. The Hall–Kier alpha value is -3.28. The minimum absolute atomic E-state index is 0.144. The van der Waals surface area contributed by atoms with Gasteiger partial charge in [-0.3, -0.25) is 9.78 Å². The second-order valence-corrected chi connectivity index (χ2v) is 7.01. The van der Waals surface area contributed by atoms with Gasteiger partial charge in [0.05, 0.1) is 11.9 Å². The molecule has 1 aromatic carbocycles. The molecule has 0 unspecified atom stereocenters. The molecule has 1 aliphatic heterocycles. The van der Waals surface area contributed by atoms with Crippen molar-refractivity contribution in [3.63, 3.8) is 0 Å². The summed E-state index contributed by atoms with van der Waals surface area (Å²) in [6.45, 7) is 2.02. The fourth-order valence-electron chi connectivity index (χ4n) is 3.61. The summed E-state index contributed by atoms with van der Waals surface area (Å²) in [7, 11) is 0. The monoisotopic (exact) mass is 373 g/mol. The van der Waals surface area contributed by atoms with Gasteiger partial charge in [0, 0.05) is 48.7 Å². The zero-order chi connectivity index (χ0) is 19.3. The number of rotatable bonds is 5. The summed E-state index contributed by atoms with van der Waals surface area (Å²) in [5, 5.41) is 0. The Labute approximate surface area is 164 Å². The molecule has 0 spiro atoms. The van der Waals surface area contributed by atoms with Crippen LogP contribution in [0.2, 0.25) is 0 Å². The van der Waals surface area contributed by atoms with Gasteiger partial charge in [-0.15, -0.1) is 0 Å². The first-order chi connectivity index (χ1) is 13.7. The van der Waals surface area contributed by atoms with Gasteiger partial charge < -0.3 is 10.6 Å². The van der Waals surface area contributed by atoms with Crippen molar-refractivity contribution in [1.82, 2.24) is 15.0 Å². The van der Waals surface area contributed by atoms with Gasteiger partial charge >= 0.3 is 0 Å².